The monoisotopic (exact) mass is 399 g/mol. The predicted octanol–water partition coefficient (Wildman–Crippen LogP) is 5.53. The third kappa shape index (κ3) is 4.70. The van der Waals surface area contributed by atoms with Gasteiger partial charge < -0.3 is 10.2 Å². The number of hydrogen-bond donors (Lipinski definition) is 1. The van der Waals surface area contributed by atoms with Gasteiger partial charge in [0.25, 0.3) is 0 Å². The van der Waals surface area contributed by atoms with Gasteiger partial charge in [-0.1, -0.05) is 36.4 Å². The van der Waals surface area contributed by atoms with E-state index in [-0.39, 0.29) is 0 Å². The van der Waals surface area contributed by atoms with Crippen LogP contribution in [-0.2, 0) is 19.3 Å². The Kier molecular flexibility index (Phi) is 5.72. The van der Waals surface area contributed by atoms with Crippen LogP contribution in [0.2, 0.25) is 0 Å². The first-order chi connectivity index (χ1) is 14.0. The molecule has 3 nitrogen and oxygen atoms in total. The molecule has 2 heterocycles. The molecule has 0 spiro atoms. The highest BCUT2D eigenvalue weighted by atomic mass is 19.4. The molecule has 1 N–H and O–H groups in total. The maximum absolute atomic E-state index is 12.9. The lowest BCUT2D eigenvalue weighted by Crippen LogP contribution is -2.31. The van der Waals surface area contributed by atoms with Crippen molar-refractivity contribution in [2.75, 3.05) is 18.0 Å². The van der Waals surface area contributed by atoms with Crippen LogP contribution in [-0.4, -0.2) is 18.1 Å². The molecule has 0 amide bonds. The summed E-state index contributed by atoms with van der Waals surface area (Å²) in [5.41, 5.74) is 2.05. The first-order valence-electron chi connectivity index (χ1n) is 10.0. The van der Waals surface area contributed by atoms with Crippen LogP contribution in [0.25, 0.3) is 10.9 Å². The van der Waals surface area contributed by atoms with Crippen LogP contribution in [0.1, 0.15) is 36.0 Å². The average Bonchev–Trinajstić information content (AvgIpc) is 2.73. The number of fused-ring (bicyclic) bond motifs is 1. The zero-order valence-corrected chi connectivity index (χ0v) is 16.2. The van der Waals surface area contributed by atoms with E-state index in [2.05, 4.69) is 16.3 Å². The lowest BCUT2D eigenvalue weighted by molar-refractivity contribution is -0.137. The molecule has 0 aliphatic carbocycles. The Morgan fingerprint density at radius 2 is 1.69 bits per heavy atom. The van der Waals surface area contributed by atoms with Crippen molar-refractivity contribution >= 4 is 16.7 Å². The molecule has 1 aliphatic rings. The topological polar surface area (TPSA) is 28.2 Å². The minimum atomic E-state index is -4.32. The second kappa shape index (κ2) is 8.41. The standard InChI is InChI=1S/C23H24F3N3/c24-23(25,26)20-9-6-7-17(13-20)15-27-16-19-14-18-8-2-3-10-21(18)28-22(19)29-11-4-1-5-12-29/h2-3,6-10,13-14,27H,1,4-5,11-12,15-16H2. The first-order valence-corrected chi connectivity index (χ1v) is 10.0. The van der Waals surface area contributed by atoms with Gasteiger partial charge in [0.2, 0.25) is 0 Å². The molecule has 6 heteroatoms. The average molecular weight is 399 g/mol. The van der Waals surface area contributed by atoms with Gasteiger partial charge in [-0.3, -0.25) is 0 Å². The summed E-state index contributed by atoms with van der Waals surface area (Å²) in [5.74, 6) is 0.986. The fraction of sp³-hybridized carbons (Fsp3) is 0.348. The highest BCUT2D eigenvalue weighted by molar-refractivity contribution is 5.81. The number of rotatable bonds is 5. The van der Waals surface area contributed by atoms with Crippen LogP contribution in [0.3, 0.4) is 0 Å². The second-order valence-corrected chi connectivity index (χ2v) is 7.51. The molecule has 0 saturated carbocycles. The number of halogens is 3. The summed E-state index contributed by atoms with van der Waals surface area (Å²) in [6.45, 7) is 2.91. The van der Waals surface area contributed by atoms with Crippen molar-refractivity contribution in [1.82, 2.24) is 10.3 Å². The summed E-state index contributed by atoms with van der Waals surface area (Å²) < 4.78 is 38.8. The van der Waals surface area contributed by atoms with Gasteiger partial charge in [-0.2, -0.15) is 13.2 Å². The summed E-state index contributed by atoms with van der Waals surface area (Å²) >= 11 is 0. The highest BCUT2D eigenvalue weighted by Crippen LogP contribution is 2.30. The summed E-state index contributed by atoms with van der Waals surface area (Å²) in [6, 6.07) is 15.7. The first kappa shape index (κ1) is 19.7. The summed E-state index contributed by atoms with van der Waals surface area (Å²) in [4.78, 5) is 7.24. The second-order valence-electron chi connectivity index (χ2n) is 7.51. The molecule has 152 valence electrons. The van der Waals surface area contributed by atoms with E-state index < -0.39 is 11.7 Å². The molecule has 29 heavy (non-hydrogen) atoms. The number of nitrogens with one attached hydrogen (secondary N) is 1. The zero-order chi connectivity index (χ0) is 20.3. The number of anilines is 1. The Balaban J connectivity index is 1.54. The molecule has 1 aliphatic heterocycles. The van der Waals surface area contributed by atoms with E-state index in [9.17, 15) is 13.2 Å². The fourth-order valence-corrected chi connectivity index (χ4v) is 3.86. The fourth-order valence-electron chi connectivity index (χ4n) is 3.86. The van der Waals surface area contributed by atoms with Gasteiger partial charge in [0.15, 0.2) is 0 Å². The van der Waals surface area contributed by atoms with Gasteiger partial charge in [-0.15, -0.1) is 0 Å². The number of hydrogen-bond acceptors (Lipinski definition) is 3. The van der Waals surface area contributed by atoms with E-state index in [1.54, 1.807) is 6.07 Å². The molecule has 0 atom stereocenters. The van der Waals surface area contributed by atoms with Crippen molar-refractivity contribution in [3.05, 3.63) is 71.3 Å². The number of aromatic nitrogens is 1. The van der Waals surface area contributed by atoms with E-state index in [0.717, 1.165) is 54.3 Å². The number of piperidine rings is 1. The Bertz CT molecular complexity index is 979. The van der Waals surface area contributed by atoms with Crippen molar-refractivity contribution in [3.8, 4) is 0 Å². The molecule has 1 aromatic heterocycles. The smallest absolute Gasteiger partial charge is 0.356 e. The number of alkyl halides is 3. The number of para-hydroxylation sites is 1. The molecule has 2 aromatic carbocycles. The Hall–Kier alpha value is -2.60. The summed E-state index contributed by atoms with van der Waals surface area (Å²) in [7, 11) is 0. The Morgan fingerprint density at radius 3 is 2.48 bits per heavy atom. The predicted molar refractivity (Wildman–Crippen MR) is 110 cm³/mol. The molecule has 4 rings (SSSR count). The summed E-state index contributed by atoms with van der Waals surface area (Å²) in [6.07, 6.45) is -0.760. The number of pyridine rings is 1. The van der Waals surface area contributed by atoms with E-state index in [4.69, 9.17) is 4.98 Å². The number of benzene rings is 2. The van der Waals surface area contributed by atoms with Crippen LogP contribution in [0, 0.1) is 0 Å². The van der Waals surface area contributed by atoms with Crippen molar-refractivity contribution < 1.29 is 13.2 Å². The van der Waals surface area contributed by atoms with Crippen LogP contribution in [0.4, 0.5) is 19.0 Å². The zero-order valence-electron chi connectivity index (χ0n) is 16.2. The molecule has 3 aromatic rings. The van der Waals surface area contributed by atoms with Gasteiger partial charge in [0.1, 0.15) is 5.82 Å². The van der Waals surface area contributed by atoms with Crippen LogP contribution < -0.4 is 10.2 Å². The SMILES string of the molecule is FC(F)(F)c1cccc(CNCc2cc3ccccc3nc2N2CCCCC2)c1. The van der Waals surface area contributed by atoms with Crippen LogP contribution >= 0.6 is 0 Å². The molecule has 0 unspecified atom stereocenters. The van der Waals surface area contributed by atoms with Gasteiger partial charge in [-0.25, -0.2) is 4.98 Å². The Labute approximate surface area is 168 Å². The van der Waals surface area contributed by atoms with E-state index in [0.29, 0.717) is 18.7 Å². The lowest BCUT2D eigenvalue weighted by atomic mass is 10.1. The quantitative estimate of drug-likeness (QED) is 0.611. The van der Waals surface area contributed by atoms with Gasteiger partial charge in [0, 0.05) is 37.1 Å². The lowest BCUT2D eigenvalue weighted by Gasteiger charge is -2.30. The van der Waals surface area contributed by atoms with Crippen LogP contribution in [0.15, 0.2) is 54.6 Å². The van der Waals surface area contributed by atoms with E-state index in [1.165, 1.54) is 18.6 Å². The van der Waals surface area contributed by atoms with E-state index in [1.807, 2.05) is 24.3 Å². The molecule has 1 saturated heterocycles. The molecule has 1 fully saturated rings. The minimum absolute atomic E-state index is 0.371. The molecular formula is C23H24F3N3. The van der Waals surface area contributed by atoms with Crippen molar-refractivity contribution in [1.29, 1.82) is 0 Å². The van der Waals surface area contributed by atoms with Crippen molar-refractivity contribution in [2.24, 2.45) is 0 Å². The van der Waals surface area contributed by atoms with Crippen molar-refractivity contribution in [2.45, 2.75) is 38.5 Å². The maximum atomic E-state index is 12.9. The van der Waals surface area contributed by atoms with E-state index >= 15 is 0 Å². The minimum Gasteiger partial charge on any atom is -0.356 e. The maximum Gasteiger partial charge on any atom is 0.416 e. The molecule has 0 radical (unpaired) electrons. The van der Waals surface area contributed by atoms with Gasteiger partial charge in [0.05, 0.1) is 11.1 Å². The largest absolute Gasteiger partial charge is 0.416 e. The molecule has 0 bridgehead atoms. The normalized spacial score (nSPS) is 15.1. The number of nitrogens with zero attached hydrogens (tertiary/aromatic N) is 2. The Morgan fingerprint density at radius 1 is 0.897 bits per heavy atom. The van der Waals surface area contributed by atoms with Crippen LogP contribution in [0.5, 0.6) is 0 Å². The van der Waals surface area contributed by atoms with Gasteiger partial charge in [-0.05, 0) is 43.0 Å². The summed E-state index contributed by atoms with van der Waals surface area (Å²) in [5, 5.41) is 4.38. The van der Waals surface area contributed by atoms with Crippen molar-refractivity contribution in [3.63, 3.8) is 0 Å². The third-order valence-electron chi connectivity index (χ3n) is 5.33. The molecular weight excluding hydrogens is 375 g/mol. The highest BCUT2D eigenvalue weighted by Gasteiger charge is 2.30. The van der Waals surface area contributed by atoms with Gasteiger partial charge >= 0.3 is 6.18 Å². The third-order valence-corrected chi connectivity index (χ3v) is 5.33.